The molecule has 1 fully saturated rings. The first-order chi connectivity index (χ1) is 11.2. The molecule has 2 N–H and O–H groups in total. The van der Waals surface area contributed by atoms with E-state index in [0.29, 0.717) is 12.5 Å². The quantitative estimate of drug-likeness (QED) is 0.366. The molecule has 1 aliphatic rings. The normalized spacial score (nSPS) is 16.1. The molecule has 0 aliphatic carbocycles. The van der Waals surface area contributed by atoms with Gasteiger partial charge in [-0.3, -0.25) is 4.90 Å². The van der Waals surface area contributed by atoms with Crippen molar-refractivity contribution < 1.29 is 4.74 Å². The molecule has 1 saturated heterocycles. The van der Waals surface area contributed by atoms with Crippen LogP contribution in [0.5, 0.6) is 0 Å². The van der Waals surface area contributed by atoms with Gasteiger partial charge in [0.25, 0.3) is 0 Å². The van der Waals surface area contributed by atoms with Crippen LogP contribution in [0, 0.1) is 0 Å². The number of nitrogens with zero attached hydrogens (tertiary/aromatic N) is 3. The van der Waals surface area contributed by atoms with Gasteiger partial charge in [-0.2, -0.15) is 0 Å². The summed E-state index contributed by atoms with van der Waals surface area (Å²) in [5.74, 6) is 1.34. The molecule has 6 nitrogen and oxygen atoms in total. The van der Waals surface area contributed by atoms with Crippen molar-refractivity contribution in [1.82, 2.24) is 20.5 Å². The number of hydrogen-bond donors (Lipinski definition) is 2. The Hall–Kier alpha value is -0.450. The minimum atomic E-state index is 0. The fraction of sp³-hybridized carbons (Fsp3) is 0.750. The molecule has 8 heteroatoms. The number of nitrogens with one attached hydrogen (secondary N) is 2. The number of aliphatic imine (C=N–C) groups is 1. The maximum Gasteiger partial charge on any atom is 0.191 e. The maximum absolute atomic E-state index is 5.37. The molecule has 0 spiro atoms. The van der Waals surface area contributed by atoms with E-state index in [1.165, 1.54) is 0 Å². The predicted molar refractivity (Wildman–Crippen MR) is 112 cm³/mol. The summed E-state index contributed by atoms with van der Waals surface area (Å²) in [5, 5.41) is 9.90. The van der Waals surface area contributed by atoms with Crippen molar-refractivity contribution in [3.05, 3.63) is 16.1 Å². The van der Waals surface area contributed by atoms with E-state index in [1.54, 1.807) is 11.3 Å². The Kier molecular flexibility index (Phi) is 10.8. The molecule has 138 valence electrons. The number of halogens is 1. The van der Waals surface area contributed by atoms with Crippen LogP contribution in [-0.2, 0) is 11.3 Å². The fourth-order valence-electron chi connectivity index (χ4n) is 2.31. The van der Waals surface area contributed by atoms with Crippen LogP contribution < -0.4 is 10.6 Å². The summed E-state index contributed by atoms with van der Waals surface area (Å²) in [6.45, 7) is 13.5. The molecular formula is C16H30IN5OS. The van der Waals surface area contributed by atoms with Crippen LogP contribution in [0.2, 0.25) is 0 Å². The van der Waals surface area contributed by atoms with Crippen molar-refractivity contribution in [3.63, 3.8) is 0 Å². The van der Waals surface area contributed by atoms with E-state index in [0.717, 1.165) is 62.6 Å². The van der Waals surface area contributed by atoms with Gasteiger partial charge in [0, 0.05) is 38.1 Å². The summed E-state index contributed by atoms with van der Waals surface area (Å²) < 4.78 is 5.37. The first-order valence-corrected chi connectivity index (χ1v) is 9.33. The third-order valence-electron chi connectivity index (χ3n) is 3.70. The van der Waals surface area contributed by atoms with Gasteiger partial charge in [0.1, 0.15) is 5.01 Å². The van der Waals surface area contributed by atoms with E-state index < -0.39 is 0 Å². The Morgan fingerprint density at radius 1 is 1.38 bits per heavy atom. The third kappa shape index (κ3) is 7.62. The largest absolute Gasteiger partial charge is 0.379 e. The number of rotatable bonds is 7. The van der Waals surface area contributed by atoms with Gasteiger partial charge in [-0.15, -0.1) is 35.3 Å². The lowest BCUT2D eigenvalue weighted by molar-refractivity contribution is 0.0389. The molecule has 0 bridgehead atoms. The first-order valence-electron chi connectivity index (χ1n) is 8.45. The first kappa shape index (κ1) is 21.6. The van der Waals surface area contributed by atoms with Gasteiger partial charge in [0.2, 0.25) is 0 Å². The van der Waals surface area contributed by atoms with Crippen LogP contribution >= 0.6 is 35.3 Å². The molecule has 0 amide bonds. The molecule has 1 aromatic heterocycles. The summed E-state index contributed by atoms with van der Waals surface area (Å²) in [5.41, 5.74) is 1.16. The summed E-state index contributed by atoms with van der Waals surface area (Å²) in [6, 6.07) is 0. The van der Waals surface area contributed by atoms with Crippen LogP contribution in [0.15, 0.2) is 10.4 Å². The van der Waals surface area contributed by atoms with Crippen LogP contribution in [0.3, 0.4) is 0 Å². The highest BCUT2D eigenvalue weighted by Gasteiger charge is 2.10. The van der Waals surface area contributed by atoms with E-state index in [4.69, 9.17) is 4.74 Å². The van der Waals surface area contributed by atoms with Crippen LogP contribution in [0.25, 0.3) is 0 Å². The lowest BCUT2D eigenvalue weighted by Crippen LogP contribution is -2.44. The van der Waals surface area contributed by atoms with Gasteiger partial charge in [-0.05, 0) is 12.8 Å². The van der Waals surface area contributed by atoms with Crippen LogP contribution in [0.1, 0.15) is 37.4 Å². The van der Waals surface area contributed by atoms with Crippen LogP contribution in [-0.4, -0.2) is 61.8 Å². The number of thiazole rings is 1. The minimum Gasteiger partial charge on any atom is -0.379 e. The lowest BCUT2D eigenvalue weighted by atomic mass is 10.2. The van der Waals surface area contributed by atoms with Crippen molar-refractivity contribution in [2.45, 2.75) is 33.2 Å². The van der Waals surface area contributed by atoms with E-state index in [2.05, 4.69) is 51.7 Å². The van der Waals surface area contributed by atoms with Gasteiger partial charge < -0.3 is 15.4 Å². The SMILES string of the molecule is CCNC(=NCc1nc(C(C)C)cs1)NCCN1CCOCC1.I. The Bertz CT molecular complexity index is 489. The second-order valence-corrected chi connectivity index (χ2v) is 6.84. The summed E-state index contributed by atoms with van der Waals surface area (Å²) in [4.78, 5) is 11.7. The van der Waals surface area contributed by atoms with Crippen molar-refractivity contribution in [3.8, 4) is 0 Å². The lowest BCUT2D eigenvalue weighted by Gasteiger charge is -2.26. The standard InChI is InChI=1S/C16H29N5OS.HI/c1-4-17-16(18-5-6-21-7-9-22-10-8-21)19-11-15-20-14(12-23-15)13(2)3;/h12-13H,4-11H2,1-3H3,(H2,17,18,19);1H. The number of aromatic nitrogens is 1. The molecule has 24 heavy (non-hydrogen) atoms. The number of guanidine groups is 1. The Morgan fingerprint density at radius 2 is 2.12 bits per heavy atom. The molecule has 0 atom stereocenters. The molecule has 0 unspecified atom stereocenters. The zero-order valence-corrected chi connectivity index (χ0v) is 18.0. The second-order valence-electron chi connectivity index (χ2n) is 5.90. The average molecular weight is 467 g/mol. The zero-order valence-electron chi connectivity index (χ0n) is 14.9. The van der Waals surface area contributed by atoms with Gasteiger partial charge in [-0.1, -0.05) is 13.8 Å². The Labute approximate surface area is 166 Å². The zero-order chi connectivity index (χ0) is 16.5. The Balaban J connectivity index is 0.00000288. The highest BCUT2D eigenvalue weighted by molar-refractivity contribution is 14.0. The van der Waals surface area contributed by atoms with Crippen molar-refractivity contribution in [2.24, 2.45) is 4.99 Å². The average Bonchev–Trinajstić information content (AvgIpc) is 3.03. The molecule has 2 heterocycles. The predicted octanol–water partition coefficient (Wildman–Crippen LogP) is 2.27. The summed E-state index contributed by atoms with van der Waals surface area (Å²) in [7, 11) is 0. The maximum atomic E-state index is 5.37. The van der Waals surface area contributed by atoms with Crippen molar-refractivity contribution in [1.29, 1.82) is 0 Å². The van der Waals surface area contributed by atoms with Gasteiger partial charge in [-0.25, -0.2) is 9.98 Å². The second kappa shape index (κ2) is 12.0. The summed E-state index contributed by atoms with van der Waals surface area (Å²) >= 11 is 1.69. The van der Waals surface area contributed by atoms with E-state index >= 15 is 0 Å². The van der Waals surface area contributed by atoms with E-state index in [1.807, 2.05) is 0 Å². The van der Waals surface area contributed by atoms with Crippen molar-refractivity contribution in [2.75, 3.05) is 45.9 Å². The monoisotopic (exact) mass is 467 g/mol. The molecule has 0 aromatic carbocycles. The van der Waals surface area contributed by atoms with Gasteiger partial charge >= 0.3 is 0 Å². The number of ether oxygens (including phenoxy) is 1. The number of morpholine rings is 1. The number of hydrogen-bond acceptors (Lipinski definition) is 5. The smallest absolute Gasteiger partial charge is 0.191 e. The minimum absolute atomic E-state index is 0. The molecule has 2 rings (SSSR count). The third-order valence-corrected chi connectivity index (χ3v) is 4.55. The molecular weight excluding hydrogens is 437 g/mol. The Morgan fingerprint density at radius 3 is 2.75 bits per heavy atom. The molecule has 0 radical (unpaired) electrons. The highest BCUT2D eigenvalue weighted by atomic mass is 127. The van der Waals surface area contributed by atoms with Gasteiger partial charge in [0.15, 0.2) is 5.96 Å². The molecule has 0 saturated carbocycles. The fourth-order valence-corrected chi connectivity index (χ4v) is 3.19. The van der Waals surface area contributed by atoms with E-state index in [9.17, 15) is 0 Å². The van der Waals surface area contributed by atoms with E-state index in [-0.39, 0.29) is 24.0 Å². The summed E-state index contributed by atoms with van der Waals surface area (Å²) in [6.07, 6.45) is 0. The molecule has 1 aromatic rings. The highest BCUT2D eigenvalue weighted by Crippen LogP contribution is 2.18. The van der Waals surface area contributed by atoms with Crippen LogP contribution in [0.4, 0.5) is 0 Å². The topological polar surface area (TPSA) is 61.8 Å². The van der Waals surface area contributed by atoms with Crippen molar-refractivity contribution >= 4 is 41.3 Å². The van der Waals surface area contributed by atoms with Gasteiger partial charge in [0.05, 0.1) is 25.5 Å². The molecule has 1 aliphatic heterocycles.